The molecule has 1 aromatic rings. The first-order valence-corrected chi connectivity index (χ1v) is 4.65. The standard InChI is InChI=1S/C7H6F3NO2S/c8-7(9,10)5-2-1-3-6(4-5)11-14(12)13/h1-4,14H,(H,11,12,13). The summed E-state index contributed by atoms with van der Waals surface area (Å²) in [7, 11) is -2.94. The van der Waals surface area contributed by atoms with Gasteiger partial charge in [-0.2, -0.15) is 13.2 Å². The van der Waals surface area contributed by atoms with Gasteiger partial charge in [0.1, 0.15) is 0 Å². The second-order valence-corrected chi connectivity index (χ2v) is 3.19. The quantitative estimate of drug-likeness (QED) is 0.751. The number of hydrogen-bond acceptors (Lipinski definition) is 2. The van der Waals surface area contributed by atoms with Crippen molar-refractivity contribution in [3.63, 3.8) is 0 Å². The van der Waals surface area contributed by atoms with Crippen molar-refractivity contribution < 1.29 is 21.6 Å². The Morgan fingerprint density at radius 1 is 1.21 bits per heavy atom. The highest BCUT2D eigenvalue weighted by molar-refractivity contribution is 7.73. The Morgan fingerprint density at radius 3 is 2.36 bits per heavy atom. The van der Waals surface area contributed by atoms with Crippen molar-refractivity contribution in [1.29, 1.82) is 0 Å². The molecule has 0 fully saturated rings. The van der Waals surface area contributed by atoms with Crippen LogP contribution in [-0.2, 0) is 17.1 Å². The highest BCUT2D eigenvalue weighted by Crippen LogP contribution is 2.30. The zero-order valence-electron chi connectivity index (χ0n) is 6.71. The molecule has 14 heavy (non-hydrogen) atoms. The van der Waals surface area contributed by atoms with Crippen LogP contribution in [0.15, 0.2) is 24.3 Å². The number of thiol groups is 1. The molecule has 0 bridgehead atoms. The molecule has 3 nitrogen and oxygen atoms in total. The lowest BCUT2D eigenvalue weighted by atomic mass is 10.2. The Labute approximate surface area is 79.6 Å². The Kier molecular flexibility index (Phi) is 3.00. The van der Waals surface area contributed by atoms with Crippen molar-refractivity contribution >= 4 is 16.6 Å². The molecule has 0 spiro atoms. The second kappa shape index (κ2) is 3.87. The van der Waals surface area contributed by atoms with E-state index in [1.54, 1.807) is 0 Å². The van der Waals surface area contributed by atoms with Crippen LogP contribution in [-0.4, -0.2) is 8.42 Å². The lowest BCUT2D eigenvalue weighted by Crippen LogP contribution is -2.05. The van der Waals surface area contributed by atoms with E-state index in [0.717, 1.165) is 18.2 Å². The van der Waals surface area contributed by atoms with Gasteiger partial charge in [0.05, 0.1) is 5.56 Å². The molecular weight excluding hydrogens is 219 g/mol. The van der Waals surface area contributed by atoms with Crippen LogP contribution in [0.3, 0.4) is 0 Å². The van der Waals surface area contributed by atoms with Gasteiger partial charge in [-0.1, -0.05) is 6.07 Å². The van der Waals surface area contributed by atoms with E-state index >= 15 is 0 Å². The van der Waals surface area contributed by atoms with Crippen LogP contribution in [0.4, 0.5) is 18.9 Å². The summed E-state index contributed by atoms with van der Waals surface area (Å²) in [6.45, 7) is 0. The zero-order valence-corrected chi connectivity index (χ0v) is 7.60. The van der Waals surface area contributed by atoms with Gasteiger partial charge in [0.15, 0.2) is 0 Å². The lowest BCUT2D eigenvalue weighted by molar-refractivity contribution is -0.137. The van der Waals surface area contributed by atoms with Crippen LogP contribution in [0.2, 0.25) is 0 Å². The molecular formula is C7H6F3NO2S. The van der Waals surface area contributed by atoms with E-state index in [4.69, 9.17) is 0 Å². The monoisotopic (exact) mass is 225 g/mol. The predicted molar refractivity (Wildman–Crippen MR) is 45.4 cm³/mol. The van der Waals surface area contributed by atoms with Crippen LogP contribution >= 0.6 is 0 Å². The molecule has 0 radical (unpaired) electrons. The van der Waals surface area contributed by atoms with Crippen LogP contribution in [0.1, 0.15) is 5.56 Å². The minimum atomic E-state index is -4.47. The summed E-state index contributed by atoms with van der Waals surface area (Å²) in [4.78, 5) is 0. The summed E-state index contributed by atoms with van der Waals surface area (Å²) in [5.41, 5.74) is -0.990. The Bertz CT molecular complexity index is 392. The third kappa shape index (κ3) is 2.91. The molecule has 0 heterocycles. The molecule has 0 saturated heterocycles. The summed E-state index contributed by atoms with van der Waals surface area (Å²) in [5, 5.41) is 0. The first-order chi connectivity index (χ1) is 6.39. The number of alkyl halides is 3. The summed E-state index contributed by atoms with van der Waals surface area (Å²) in [5.74, 6) is 0. The van der Waals surface area contributed by atoms with E-state index in [9.17, 15) is 21.6 Å². The van der Waals surface area contributed by atoms with Gasteiger partial charge in [-0.3, -0.25) is 4.72 Å². The Hall–Kier alpha value is -1.24. The average Bonchev–Trinajstić information content (AvgIpc) is 2.01. The van der Waals surface area contributed by atoms with E-state index in [2.05, 4.69) is 0 Å². The van der Waals surface area contributed by atoms with E-state index < -0.39 is 22.6 Å². The topological polar surface area (TPSA) is 46.2 Å². The molecule has 0 unspecified atom stereocenters. The fourth-order valence-electron chi connectivity index (χ4n) is 0.870. The summed E-state index contributed by atoms with van der Waals surface area (Å²) >= 11 is 0. The fourth-order valence-corrected chi connectivity index (χ4v) is 1.22. The predicted octanol–water partition coefficient (Wildman–Crippen LogP) is 1.64. The summed E-state index contributed by atoms with van der Waals surface area (Å²) in [6.07, 6.45) is -4.47. The SMILES string of the molecule is O=[SH](=O)Nc1cccc(C(F)(F)F)c1. The molecule has 0 aliphatic heterocycles. The van der Waals surface area contributed by atoms with Gasteiger partial charge in [0, 0.05) is 5.69 Å². The van der Waals surface area contributed by atoms with Crippen molar-refractivity contribution in [3.8, 4) is 0 Å². The van der Waals surface area contributed by atoms with Gasteiger partial charge in [-0.05, 0) is 18.2 Å². The molecule has 7 heteroatoms. The molecule has 78 valence electrons. The average molecular weight is 225 g/mol. The zero-order chi connectivity index (χ0) is 10.8. The third-order valence-electron chi connectivity index (χ3n) is 1.41. The third-order valence-corrected chi connectivity index (χ3v) is 1.85. The molecule has 1 aromatic carbocycles. The van der Waals surface area contributed by atoms with Crippen molar-refractivity contribution in [1.82, 2.24) is 0 Å². The molecule has 1 N–H and O–H groups in total. The van der Waals surface area contributed by atoms with E-state index in [-0.39, 0.29) is 5.69 Å². The maximum atomic E-state index is 12.1. The van der Waals surface area contributed by atoms with Gasteiger partial charge in [-0.25, -0.2) is 8.42 Å². The molecule has 0 aromatic heterocycles. The highest BCUT2D eigenvalue weighted by Gasteiger charge is 2.30. The molecule has 0 atom stereocenters. The van der Waals surface area contributed by atoms with Crippen LogP contribution in [0, 0.1) is 0 Å². The highest BCUT2D eigenvalue weighted by atomic mass is 32.2. The minimum absolute atomic E-state index is 0.101. The molecule has 1 rings (SSSR count). The Morgan fingerprint density at radius 2 is 1.86 bits per heavy atom. The van der Waals surface area contributed by atoms with E-state index in [1.807, 2.05) is 4.72 Å². The lowest BCUT2D eigenvalue weighted by Gasteiger charge is -2.07. The number of rotatable bonds is 2. The van der Waals surface area contributed by atoms with E-state index in [0.29, 0.717) is 0 Å². The van der Waals surface area contributed by atoms with E-state index in [1.165, 1.54) is 6.07 Å². The molecule has 0 aliphatic rings. The smallest absolute Gasteiger partial charge is 0.286 e. The van der Waals surface area contributed by atoms with Crippen molar-refractivity contribution in [2.75, 3.05) is 4.72 Å². The fraction of sp³-hybridized carbons (Fsp3) is 0.143. The van der Waals surface area contributed by atoms with Crippen LogP contribution in [0.5, 0.6) is 0 Å². The maximum absolute atomic E-state index is 12.1. The minimum Gasteiger partial charge on any atom is -0.286 e. The number of hydrogen-bond donors (Lipinski definition) is 2. The maximum Gasteiger partial charge on any atom is 0.416 e. The molecule has 0 amide bonds. The number of halogens is 3. The van der Waals surface area contributed by atoms with Crippen molar-refractivity contribution in [2.45, 2.75) is 6.18 Å². The van der Waals surface area contributed by atoms with Gasteiger partial charge < -0.3 is 0 Å². The van der Waals surface area contributed by atoms with Gasteiger partial charge in [-0.15, -0.1) is 0 Å². The van der Waals surface area contributed by atoms with Gasteiger partial charge in [0.2, 0.25) is 10.9 Å². The normalized spacial score (nSPS) is 11.7. The Balaban J connectivity index is 3.01. The number of nitrogens with one attached hydrogen (secondary N) is 1. The summed E-state index contributed by atoms with van der Waals surface area (Å²) < 4.78 is 58.6. The number of anilines is 1. The first kappa shape index (κ1) is 10.8. The van der Waals surface area contributed by atoms with Crippen LogP contribution in [0.25, 0.3) is 0 Å². The second-order valence-electron chi connectivity index (χ2n) is 2.45. The van der Waals surface area contributed by atoms with Gasteiger partial charge in [0.25, 0.3) is 0 Å². The number of benzene rings is 1. The van der Waals surface area contributed by atoms with Crippen molar-refractivity contribution in [3.05, 3.63) is 29.8 Å². The summed E-state index contributed by atoms with van der Waals surface area (Å²) in [6, 6.07) is 3.96. The first-order valence-electron chi connectivity index (χ1n) is 3.48. The van der Waals surface area contributed by atoms with Crippen LogP contribution < -0.4 is 4.72 Å². The van der Waals surface area contributed by atoms with Crippen molar-refractivity contribution in [2.24, 2.45) is 0 Å². The largest absolute Gasteiger partial charge is 0.416 e. The van der Waals surface area contributed by atoms with Gasteiger partial charge >= 0.3 is 6.18 Å². The molecule has 0 aliphatic carbocycles. The molecule has 0 saturated carbocycles.